The molecule has 3 N–H and O–H groups in total. The van der Waals surface area contributed by atoms with Crippen molar-refractivity contribution in [3.63, 3.8) is 0 Å². The van der Waals surface area contributed by atoms with Gasteiger partial charge in [0.25, 0.3) is 0 Å². The molecular formula is C12H16BrN3OS. The van der Waals surface area contributed by atoms with Gasteiger partial charge >= 0.3 is 0 Å². The summed E-state index contributed by atoms with van der Waals surface area (Å²) in [5, 5.41) is 3.19. The second kappa shape index (κ2) is 6.70. The first-order chi connectivity index (χ1) is 8.41. The van der Waals surface area contributed by atoms with Gasteiger partial charge in [-0.25, -0.2) is 0 Å². The number of amides is 1. The molecule has 0 atom stereocenters. The van der Waals surface area contributed by atoms with Crippen LogP contribution in [0, 0.1) is 0 Å². The van der Waals surface area contributed by atoms with E-state index in [1.54, 1.807) is 19.0 Å². The molecule has 0 spiro atoms. The molecule has 18 heavy (non-hydrogen) atoms. The van der Waals surface area contributed by atoms with Crippen LogP contribution in [-0.4, -0.2) is 36.4 Å². The van der Waals surface area contributed by atoms with Gasteiger partial charge in [0.05, 0.1) is 0 Å². The van der Waals surface area contributed by atoms with Crippen LogP contribution in [-0.2, 0) is 4.79 Å². The van der Waals surface area contributed by atoms with Crippen molar-refractivity contribution in [2.45, 2.75) is 6.42 Å². The summed E-state index contributed by atoms with van der Waals surface area (Å²) in [6.45, 7) is 0.585. The maximum absolute atomic E-state index is 11.4. The average Bonchev–Trinajstić information content (AvgIpc) is 2.30. The third kappa shape index (κ3) is 4.27. The predicted octanol–water partition coefficient (Wildman–Crippen LogP) is 1.97. The van der Waals surface area contributed by atoms with Gasteiger partial charge in [-0.2, -0.15) is 0 Å². The van der Waals surface area contributed by atoms with E-state index in [0.717, 1.165) is 15.7 Å². The molecule has 98 valence electrons. The maximum atomic E-state index is 11.4. The lowest BCUT2D eigenvalue weighted by atomic mass is 10.2. The van der Waals surface area contributed by atoms with E-state index in [4.69, 9.17) is 18.0 Å². The Kier molecular flexibility index (Phi) is 5.55. The zero-order valence-corrected chi connectivity index (χ0v) is 12.8. The van der Waals surface area contributed by atoms with Crippen molar-refractivity contribution in [3.05, 3.63) is 28.2 Å². The van der Waals surface area contributed by atoms with Crippen molar-refractivity contribution in [2.75, 3.05) is 26.0 Å². The molecule has 1 aromatic rings. The largest absolute Gasteiger partial charge is 0.389 e. The van der Waals surface area contributed by atoms with Crippen molar-refractivity contribution in [1.29, 1.82) is 0 Å². The minimum absolute atomic E-state index is 0.0957. The number of hydrogen-bond donors (Lipinski definition) is 2. The first-order valence-corrected chi connectivity index (χ1v) is 6.65. The summed E-state index contributed by atoms with van der Waals surface area (Å²) in [7, 11) is 3.49. The lowest BCUT2D eigenvalue weighted by molar-refractivity contribution is -0.128. The topological polar surface area (TPSA) is 58.4 Å². The van der Waals surface area contributed by atoms with Gasteiger partial charge in [0.2, 0.25) is 5.91 Å². The van der Waals surface area contributed by atoms with E-state index in [1.807, 2.05) is 18.2 Å². The second-order valence-electron chi connectivity index (χ2n) is 4.02. The molecule has 0 saturated carbocycles. The molecule has 0 aliphatic heterocycles. The number of nitrogens with zero attached hydrogens (tertiary/aromatic N) is 1. The normalized spacial score (nSPS) is 9.94. The van der Waals surface area contributed by atoms with Gasteiger partial charge in [-0.15, -0.1) is 0 Å². The number of rotatable bonds is 5. The van der Waals surface area contributed by atoms with Gasteiger partial charge in [-0.05, 0) is 34.1 Å². The fourth-order valence-electron chi connectivity index (χ4n) is 1.34. The van der Waals surface area contributed by atoms with Gasteiger partial charge in [0.1, 0.15) is 4.99 Å². The van der Waals surface area contributed by atoms with Crippen LogP contribution in [0.25, 0.3) is 0 Å². The van der Waals surface area contributed by atoms with Crippen LogP contribution in [0.4, 0.5) is 5.69 Å². The number of nitrogens with one attached hydrogen (secondary N) is 1. The quantitative estimate of drug-likeness (QED) is 0.811. The molecule has 0 heterocycles. The predicted molar refractivity (Wildman–Crippen MR) is 81.8 cm³/mol. The Labute approximate surface area is 121 Å². The van der Waals surface area contributed by atoms with Gasteiger partial charge in [0, 0.05) is 42.8 Å². The lowest BCUT2D eigenvalue weighted by Gasteiger charge is -2.12. The minimum Gasteiger partial charge on any atom is -0.389 e. The molecule has 1 aromatic carbocycles. The highest BCUT2D eigenvalue weighted by molar-refractivity contribution is 9.10. The Morgan fingerprint density at radius 3 is 2.67 bits per heavy atom. The van der Waals surface area contributed by atoms with E-state index in [-0.39, 0.29) is 5.91 Å². The molecule has 0 radical (unpaired) electrons. The fraction of sp³-hybridized carbons (Fsp3) is 0.333. The van der Waals surface area contributed by atoms with E-state index in [1.165, 1.54) is 0 Å². The first kappa shape index (κ1) is 14.9. The van der Waals surface area contributed by atoms with Crippen LogP contribution >= 0.6 is 28.1 Å². The Morgan fingerprint density at radius 1 is 1.50 bits per heavy atom. The summed E-state index contributed by atoms with van der Waals surface area (Å²) in [5.74, 6) is 0.0957. The third-order valence-corrected chi connectivity index (χ3v) is 3.30. The molecule has 1 amide bonds. The molecular weight excluding hydrogens is 314 g/mol. The molecule has 6 heteroatoms. The number of carbonyl (C=O) groups excluding carboxylic acids is 1. The number of anilines is 1. The van der Waals surface area contributed by atoms with E-state index in [9.17, 15) is 4.79 Å². The van der Waals surface area contributed by atoms with Crippen LogP contribution in [0.3, 0.4) is 0 Å². The number of nitrogens with two attached hydrogens (primary N) is 1. The molecule has 4 nitrogen and oxygen atoms in total. The lowest BCUT2D eigenvalue weighted by Crippen LogP contribution is -2.23. The highest BCUT2D eigenvalue weighted by Crippen LogP contribution is 2.23. The number of thiocarbonyl (C=S) groups is 1. The highest BCUT2D eigenvalue weighted by atomic mass is 79.9. The van der Waals surface area contributed by atoms with Crippen LogP contribution in [0.2, 0.25) is 0 Å². The molecule has 0 aliphatic rings. The smallest absolute Gasteiger partial charge is 0.223 e. The van der Waals surface area contributed by atoms with Gasteiger partial charge in [-0.3, -0.25) is 4.79 Å². The number of carbonyl (C=O) groups is 1. The van der Waals surface area contributed by atoms with Crippen LogP contribution < -0.4 is 11.1 Å². The maximum Gasteiger partial charge on any atom is 0.223 e. The summed E-state index contributed by atoms with van der Waals surface area (Å²) >= 11 is 8.34. The van der Waals surface area contributed by atoms with Crippen molar-refractivity contribution < 1.29 is 4.79 Å². The number of hydrogen-bond acceptors (Lipinski definition) is 3. The molecule has 0 saturated heterocycles. The van der Waals surface area contributed by atoms with Crippen LogP contribution in [0.1, 0.15) is 12.0 Å². The minimum atomic E-state index is 0.0957. The van der Waals surface area contributed by atoms with Gasteiger partial charge in [0.15, 0.2) is 0 Å². The summed E-state index contributed by atoms with van der Waals surface area (Å²) in [6.07, 6.45) is 0.455. The van der Waals surface area contributed by atoms with Crippen molar-refractivity contribution in [3.8, 4) is 0 Å². The molecule has 0 unspecified atom stereocenters. The Balaban J connectivity index is 2.58. The zero-order valence-electron chi connectivity index (χ0n) is 10.4. The van der Waals surface area contributed by atoms with E-state index in [2.05, 4.69) is 21.2 Å². The Hall–Kier alpha value is -1.14. The van der Waals surface area contributed by atoms with E-state index in [0.29, 0.717) is 18.0 Å². The zero-order chi connectivity index (χ0) is 13.7. The average molecular weight is 330 g/mol. The summed E-state index contributed by atoms with van der Waals surface area (Å²) < 4.78 is 0.880. The second-order valence-corrected chi connectivity index (χ2v) is 5.32. The van der Waals surface area contributed by atoms with Crippen molar-refractivity contribution in [2.24, 2.45) is 5.73 Å². The van der Waals surface area contributed by atoms with Crippen molar-refractivity contribution in [1.82, 2.24) is 4.90 Å². The molecule has 0 aliphatic carbocycles. The SMILES string of the molecule is CN(C)C(=O)CCNc1ccc(C(N)=S)cc1Br. The summed E-state index contributed by atoms with van der Waals surface area (Å²) in [4.78, 5) is 13.3. The first-order valence-electron chi connectivity index (χ1n) is 5.45. The number of benzene rings is 1. The molecule has 0 aromatic heterocycles. The van der Waals surface area contributed by atoms with E-state index >= 15 is 0 Å². The van der Waals surface area contributed by atoms with Crippen LogP contribution in [0.15, 0.2) is 22.7 Å². The molecule has 1 rings (SSSR count). The van der Waals surface area contributed by atoms with Gasteiger partial charge in [-0.1, -0.05) is 12.2 Å². The standard InChI is InChI=1S/C12H16BrN3OS/c1-16(2)11(17)5-6-15-10-4-3-8(12(14)18)7-9(10)13/h3-4,7,15H,5-6H2,1-2H3,(H2,14,18). The Bertz CT molecular complexity index is 463. The van der Waals surface area contributed by atoms with Gasteiger partial charge < -0.3 is 16.0 Å². The number of halogens is 1. The molecule has 0 fully saturated rings. The van der Waals surface area contributed by atoms with E-state index < -0.39 is 0 Å². The monoisotopic (exact) mass is 329 g/mol. The fourth-order valence-corrected chi connectivity index (χ4v) is 1.99. The summed E-state index contributed by atoms with van der Waals surface area (Å²) in [6, 6.07) is 5.60. The van der Waals surface area contributed by atoms with Crippen molar-refractivity contribution >= 4 is 44.7 Å². The summed E-state index contributed by atoms with van der Waals surface area (Å²) in [5.41, 5.74) is 7.28. The Morgan fingerprint density at radius 2 is 2.17 bits per heavy atom. The van der Waals surface area contributed by atoms with Crippen LogP contribution in [0.5, 0.6) is 0 Å². The highest BCUT2D eigenvalue weighted by Gasteiger charge is 2.05. The third-order valence-electron chi connectivity index (χ3n) is 2.41. The molecule has 0 bridgehead atoms.